The Hall–Kier alpha value is -1.71. The number of amides is 1. The fraction of sp³-hybridized carbons (Fsp3) is 0.133. The average Bonchev–Trinajstić information content (AvgIpc) is 2.81. The highest BCUT2D eigenvalue weighted by Crippen LogP contribution is 2.37. The van der Waals surface area contributed by atoms with Gasteiger partial charge in [-0.25, -0.2) is 0 Å². The third-order valence-corrected chi connectivity index (χ3v) is 3.83. The lowest BCUT2D eigenvalue weighted by Crippen LogP contribution is -2.34. The van der Waals surface area contributed by atoms with Gasteiger partial charge in [-0.1, -0.05) is 53.5 Å². The van der Waals surface area contributed by atoms with Gasteiger partial charge in [0.2, 0.25) is 5.91 Å². The summed E-state index contributed by atoms with van der Waals surface area (Å²) < 4.78 is 0. The second kappa shape index (κ2) is 5.35. The number of benzene rings is 2. The van der Waals surface area contributed by atoms with Gasteiger partial charge in [0.1, 0.15) is 0 Å². The van der Waals surface area contributed by atoms with E-state index >= 15 is 0 Å². The first kappa shape index (κ1) is 13.3. The number of carbonyl (C=O) groups excluding carboxylic acids is 1. The summed E-state index contributed by atoms with van der Waals surface area (Å²) in [4.78, 5) is 11.8. The number of hydrogen-bond acceptors (Lipinski definition) is 2. The van der Waals surface area contributed by atoms with Crippen molar-refractivity contribution in [2.45, 2.75) is 12.5 Å². The number of halogens is 2. The molecule has 2 aromatic rings. The molecule has 1 fully saturated rings. The molecule has 5 heteroatoms. The van der Waals surface area contributed by atoms with E-state index in [1.807, 2.05) is 36.4 Å². The first-order valence-corrected chi connectivity index (χ1v) is 6.99. The smallest absolute Gasteiger partial charge is 0.241 e. The van der Waals surface area contributed by atoms with E-state index in [0.29, 0.717) is 16.5 Å². The van der Waals surface area contributed by atoms with Crippen LogP contribution < -0.4 is 10.4 Å². The van der Waals surface area contributed by atoms with Gasteiger partial charge in [-0.3, -0.25) is 15.2 Å². The maximum absolute atomic E-state index is 11.8. The summed E-state index contributed by atoms with van der Waals surface area (Å²) in [7, 11) is 0. The highest BCUT2D eigenvalue weighted by Gasteiger charge is 2.32. The molecule has 1 amide bonds. The van der Waals surface area contributed by atoms with Crippen LogP contribution in [0.15, 0.2) is 48.5 Å². The monoisotopic (exact) mass is 306 g/mol. The molecule has 20 heavy (non-hydrogen) atoms. The molecule has 1 saturated heterocycles. The van der Waals surface area contributed by atoms with Gasteiger partial charge in [-0.15, -0.1) is 0 Å². The Labute approximate surface area is 127 Å². The lowest BCUT2D eigenvalue weighted by Gasteiger charge is -2.26. The predicted octanol–water partition coefficient (Wildman–Crippen LogP) is 3.98. The van der Waals surface area contributed by atoms with Gasteiger partial charge in [-0.05, 0) is 23.8 Å². The van der Waals surface area contributed by atoms with Gasteiger partial charge in [0.05, 0.1) is 23.2 Å². The van der Waals surface area contributed by atoms with Crippen molar-refractivity contribution >= 4 is 34.8 Å². The van der Waals surface area contributed by atoms with E-state index in [2.05, 4.69) is 5.43 Å². The molecule has 102 valence electrons. The number of anilines is 1. The second-order valence-corrected chi connectivity index (χ2v) is 5.47. The molecule has 1 atom stereocenters. The summed E-state index contributed by atoms with van der Waals surface area (Å²) in [5.41, 5.74) is 4.66. The molecule has 1 aliphatic rings. The maximum Gasteiger partial charge on any atom is 0.241 e. The van der Waals surface area contributed by atoms with E-state index < -0.39 is 0 Å². The Kier molecular flexibility index (Phi) is 3.55. The summed E-state index contributed by atoms with van der Waals surface area (Å²) in [6.45, 7) is 0. The van der Waals surface area contributed by atoms with Crippen molar-refractivity contribution in [3.8, 4) is 0 Å². The molecule has 0 bridgehead atoms. The van der Waals surface area contributed by atoms with Gasteiger partial charge in [0.15, 0.2) is 0 Å². The molecule has 3 rings (SSSR count). The fourth-order valence-corrected chi connectivity index (χ4v) is 2.87. The van der Waals surface area contributed by atoms with Crippen LogP contribution in [0, 0.1) is 0 Å². The van der Waals surface area contributed by atoms with Crippen LogP contribution in [-0.2, 0) is 4.79 Å². The number of carbonyl (C=O) groups is 1. The van der Waals surface area contributed by atoms with Crippen LogP contribution >= 0.6 is 23.2 Å². The van der Waals surface area contributed by atoms with Crippen molar-refractivity contribution in [2.24, 2.45) is 0 Å². The molecular weight excluding hydrogens is 295 g/mol. The summed E-state index contributed by atoms with van der Waals surface area (Å²) in [6, 6.07) is 15.0. The van der Waals surface area contributed by atoms with Crippen molar-refractivity contribution in [3.63, 3.8) is 0 Å². The number of nitrogens with one attached hydrogen (secondary N) is 1. The van der Waals surface area contributed by atoms with Gasteiger partial charge >= 0.3 is 0 Å². The van der Waals surface area contributed by atoms with Crippen LogP contribution in [0.2, 0.25) is 10.0 Å². The zero-order valence-corrected chi connectivity index (χ0v) is 12.0. The van der Waals surface area contributed by atoms with Crippen molar-refractivity contribution < 1.29 is 4.79 Å². The van der Waals surface area contributed by atoms with E-state index in [0.717, 1.165) is 11.3 Å². The SMILES string of the molecule is O=C1CC(c2ccccc2)N(c2ccc(Cl)cc2Cl)N1. The summed E-state index contributed by atoms with van der Waals surface area (Å²) in [5.74, 6) is -0.0233. The molecule has 1 aliphatic heterocycles. The lowest BCUT2D eigenvalue weighted by atomic mass is 10.0. The third-order valence-electron chi connectivity index (χ3n) is 3.29. The van der Waals surface area contributed by atoms with Crippen molar-refractivity contribution in [3.05, 3.63) is 64.1 Å². The van der Waals surface area contributed by atoms with Crippen LogP contribution in [0.3, 0.4) is 0 Å². The van der Waals surface area contributed by atoms with E-state index in [-0.39, 0.29) is 11.9 Å². The third kappa shape index (κ3) is 2.47. The van der Waals surface area contributed by atoms with Crippen molar-refractivity contribution in [1.82, 2.24) is 5.43 Å². The maximum atomic E-state index is 11.8. The molecule has 2 aromatic carbocycles. The highest BCUT2D eigenvalue weighted by atomic mass is 35.5. The zero-order valence-electron chi connectivity index (χ0n) is 10.5. The number of hydrazine groups is 1. The topological polar surface area (TPSA) is 32.3 Å². The molecule has 1 unspecified atom stereocenters. The van der Waals surface area contributed by atoms with E-state index in [1.54, 1.807) is 17.1 Å². The zero-order chi connectivity index (χ0) is 14.1. The van der Waals surface area contributed by atoms with Crippen LogP contribution in [0.25, 0.3) is 0 Å². The summed E-state index contributed by atoms with van der Waals surface area (Å²) in [6.07, 6.45) is 0.406. The van der Waals surface area contributed by atoms with Gasteiger partial charge < -0.3 is 0 Å². The van der Waals surface area contributed by atoms with Crippen LogP contribution in [-0.4, -0.2) is 5.91 Å². The standard InChI is InChI=1S/C15H12Cl2N2O/c16-11-6-7-13(12(17)8-11)19-14(9-15(20)18-19)10-4-2-1-3-5-10/h1-8,14H,9H2,(H,18,20). The number of hydrogen-bond donors (Lipinski definition) is 1. The molecule has 1 N–H and O–H groups in total. The lowest BCUT2D eigenvalue weighted by molar-refractivity contribution is -0.119. The summed E-state index contributed by atoms with van der Waals surface area (Å²) >= 11 is 12.1. The molecular formula is C15H12Cl2N2O. The van der Waals surface area contributed by atoms with E-state index in [1.165, 1.54) is 0 Å². The van der Waals surface area contributed by atoms with Crippen molar-refractivity contribution in [2.75, 3.05) is 5.01 Å². The highest BCUT2D eigenvalue weighted by molar-refractivity contribution is 6.36. The first-order chi connectivity index (χ1) is 9.65. The molecule has 0 aliphatic carbocycles. The number of rotatable bonds is 2. The average molecular weight is 307 g/mol. The number of nitrogens with zero attached hydrogens (tertiary/aromatic N) is 1. The van der Waals surface area contributed by atoms with Crippen LogP contribution in [0.1, 0.15) is 18.0 Å². The molecule has 1 heterocycles. The summed E-state index contributed by atoms with van der Waals surface area (Å²) in [5, 5.41) is 2.89. The second-order valence-electron chi connectivity index (χ2n) is 4.63. The van der Waals surface area contributed by atoms with Crippen molar-refractivity contribution in [1.29, 1.82) is 0 Å². The minimum atomic E-state index is -0.0672. The molecule has 0 aromatic heterocycles. The fourth-order valence-electron chi connectivity index (χ4n) is 2.37. The van der Waals surface area contributed by atoms with Gasteiger partial charge in [0.25, 0.3) is 0 Å². The Balaban J connectivity index is 2.00. The Bertz CT molecular complexity index is 646. The Morgan fingerprint density at radius 2 is 1.85 bits per heavy atom. The van der Waals surface area contributed by atoms with Gasteiger partial charge in [-0.2, -0.15) is 0 Å². The Morgan fingerprint density at radius 3 is 2.55 bits per heavy atom. The first-order valence-electron chi connectivity index (χ1n) is 6.24. The quantitative estimate of drug-likeness (QED) is 0.910. The molecule has 3 nitrogen and oxygen atoms in total. The molecule has 0 spiro atoms. The predicted molar refractivity (Wildman–Crippen MR) is 80.9 cm³/mol. The Morgan fingerprint density at radius 1 is 1.10 bits per heavy atom. The minimum Gasteiger partial charge on any atom is -0.276 e. The van der Waals surface area contributed by atoms with Crippen LogP contribution in [0.5, 0.6) is 0 Å². The minimum absolute atomic E-state index is 0.0233. The van der Waals surface area contributed by atoms with E-state index in [4.69, 9.17) is 23.2 Å². The molecule has 0 radical (unpaired) electrons. The largest absolute Gasteiger partial charge is 0.276 e. The van der Waals surface area contributed by atoms with Crippen LogP contribution in [0.4, 0.5) is 5.69 Å². The molecule has 0 saturated carbocycles. The normalized spacial score (nSPS) is 18.2. The van der Waals surface area contributed by atoms with E-state index in [9.17, 15) is 4.79 Å². The van der Waals surface area contributed by atoms with Gasteiger partial charge in [0, 0.05) is 5.02 Å².